The molecule has 0 bridgehead atoms. The molecule has 2 amide bonds. The fourth-order valence-electron chi connectivity index (χ4n) is 2.83. The Bertz CT molecular complexity index is 710. The first-order valence-corrected chi connectivity index (χ1v) is 8.61. The fourth-order valence-corrected chi connectivity index (χ4v) is 2.83. The van der Waals surface area contributed by atoms with E-state index in [0.29, 0.717) is 19.6 Å². The zero-order valence-electron chi connectivity index (χ0n) is 14.8. The third-order valence-electron chi connectivity index (χ3n) is 4.31. The van der Waals surface area contributed by atoms with Crippen molar-refractivity contribution in [2.75, 3.05) is 37.6 Å². The molecule has 1 aliphatic heterocycles. The summed E-state index contributed by atoms with van der Waals surface area (Å²) in [5, 5.41) is 2.99. The second-order valence-corrected chi connectivity index (χ2v) is 6.23. The first-order chi connectivity index (χ1) is 12.1. The summed E-state index contributed by atoms with van der Waals surface area (Å²) in [5.41, 5.74) is 2.14. The van der Waals surface area contributed by atoms with Gasteiger partial charge in [0, 0.05) is 50.8 Å². The maximum absolute atomic E-state index is 12.3. The first kappa shape index (κ1) is 17.1. The molecule has 0 spiro atoms. The molecule has 25 heavy (non-hydrogen) atoms. The van der Waals surface area contributed by atoms with Gasteiger partial charge in [-0.1, -0.05) is 6.07 Å². The highest BCUT2D eigenvalue weighted by Crippen LogP contribution is 2.13. The van der Waals surface area contributed by atoms with Crippen molar-refractivity contribution in [2.45, 2.75) is 20.3 Å². The van der Waals surface area contributed by atoms with Crippen LogP contribution in [-0.2, 0) is 6.42 Å². The molecule has 7 nitrogen and oxygen atoms in total. The lowest BCUT2D eigenvalue weighted by Gasteiger charge is -2.35. The lowest BCUT2D eigenvalue weighted by molar-refractivity contribution is 0.194. The van der Waals surface area contributed by atoms with Crippen LogP contribution in [0.4, 0.5) is 10.6 Å². The minimum Gasteiger partial charge on any atom is -0.353 e. The van der Waals surface area contributed by atoms with E-state index in [4.69, 9.17) is 0 Å². The number of urea groups is 1. The predicted molar refractivity (Wildman–Crippen MR) is 96.6 cm³/mol. The van der Waals surface area contributed by atoms with Gasteiger partial charge in [-0.05, 0) is 38.0 Å². The third kappa shape index (κ3) is 4.65. The van der Waals surface area contributed by atoms with Gasteiger partial charge in [-0.2, -0.15) is 0 Å². The lowest BCUT2D eigenvalue weighted by atomic mass is 10.2. The molecule has 3 heterocycles. The van der Waals surface area contributed by atoms with Gasteiger partial charge in [0.2, 0.25) is 0 Å². The van der Waals surface area contributed by atoms with Crippen LogP contribution in [0.15, 0.2) is 30.6 Å². The molecule has 0 unspecified atom stereocenters. The number of nitrogens with zero attached hydrogens (tertiary/aromatic N) is 5. The molecule has 132 valence electrons. The van der Waals surface area contributed by atoms with Crippen LogP contribution in [0.1, 0.15) is 17.1 Å². The number of aromatic nitrogens is 3. The Morgan fingerprint density at radius 3 is 2.60 bits per heavy atom. The van der Waals surface area contributed by atoms with Crippen molar-refractivity contribution in [1.29, 1.82) is 0 Å². The molecule has 1 aliphatic rings. The van der Waals surface area contributed by atoms with Gasteiger partial charge in [-0.25, -0.2) is 14.8 Å². The maximum Gasteiger partial charge on any atom is 0.317 e. The molecule has 0 aliphatic carbocycles. The van der Waals surface area contributed by atoms with Crippen molar-refractivity contribution in [3.8, 4) is 0 Å². The molecular weight excluding hydrogens is 316 g/mol. The molecule has 0 atom stereocenters. The van der Waals surface area contributed by atoms with E-state index in [-0.39, 0.29) is 6.03 Å². The molecule has 7 heteroatoms. The average molecular weight is 340 g/mol. The Kier molecular flexibility index (Phi) is 5.42. The average Bonchev–Trinajstić information content (AvgIpc) is 2.63. The van der Waals surface area contributed by atoms with Crippen molar-refractivity contribution in [1.82, 2.24) is 25.2 Å². The monoisotopic (exact) mass is 340 g/mol. The van der Waals surface area contributed by atoms with E-state index in [1.54, 1.807) is 6.20 Å². The van der Waals surface area contributed by atoms with Gasteiger partial charge in [0.1, 0.15) is 11.6 Å². The van der Waals surface area contributed by atoms with Crippen LogP contribution < -0.4 is 10.2 Å². The van der Waals surface area contributed by atoms with Crippen LogP contribution in [0.2, 0.25) is 0 Å². The van der Waals surface area contributed by atoms with E-state index in [1.165, 1.54) is 0 Å². The van der Waals surface area contributed by atoms with Crippen molar-refractivity contribution in [2.24, 2.45) is 0 Å². The smallest absolute Gasteiger partial charge is 0.317 e. The molecule has 1 saturated heterocycles. The summed E-state index contributed by atoms with van der Waals surface area (Å²) in [6.07, 6.45) is 4.43. The van der Waals surface area contributed by atoms with Crippen molar-refractivity contribution in [3.63, 3.8) is 0 Å². The van der Waals surface area contributed by atoms with Gasteiger partial charge >= 0.3 is 6.03 Å². The fraction of sp³-hybridized carbons (Fsp3) is 0.444. The van der Waals surface area contributed by atoms with Gasteiger partial charge < -0.3 is 15.1 Å². The standard InChI is InChI=1S/C18H24N6O/c1-14-3-4-16(13-21-14)5-7-20-18(25)24-11-9-23(10-12-24)17-6-8-19-15(2)22-17/h3-4,6,8,13H,5,7,9-12H2,1-2H3,(H,20,25). The number of rotatable bonds is 4. The van der Waals surface area contributed by atoms with Gasteiger partial charge in [0.25, 0.3) is 0 Å². The molecule has 0 aromatic carbocycles. The molecule has 0 radical (unpaired) electrons. The van der Waals surface area contributed by atoms with Gasteiger partial charge in [0.05, 0.1) is 0 Å². The summed E-state index contributed by atoms with van der Waals surface area (Å²) in [7, 11) is 0. The molecule has 1 fully saturated rings. The van der Waals surface area contributed by atoms with Crippen LogP contribution in [0, 0.1) is 13.8 Å². The number of carbonyl (C=O) groups is 1. The molecule has 0 saturated carbocycles. The molecule has 2 aromatic heterocycles. The highest BCUT2D eigenvalue weighted by molar-refractivity contribution is 5.74. The highest BCUT2D eigenvalue weighted by atomic mass is 16.2. The Balaban J connectivity index is 1.43. The number of anilines is 1. The topological polar surface area (TPSA) is 74.2 Å². The summed E-state index contributed by atoms with van der Waals surface area (Å²) in [6.45, 7) is 7.43. The largest absolute Gasteiger partial charge is 0.353 e. The van der Waals surface area contributed by atoms with Gasteiger partial charge in [-0.3, -0.25) is 4.98 Å². The van der Waals surface area contributed by atoms with E-state index in [9.17, 15) is 4.79 Å². The molecule has 1 N–H and O–H groups in total. The normalized spacial score (nSPS) is 14.5. The van der Waals surface area contributed by atoms with Crippen LogP contribution in [0.25, 0.3) is 0 Å². The maximum atomic E-state index is 12.3. The van der Waals surface area contributed by atoms with Crippen LogP contribution in [-0.4, -0.2) is 58.6 Å². The first-order valence-electron chi connectivity index (χ1n) is 8.61. The van der Waals surface area contributed by atoms with E-state index < -0.39 is 0 Å². The Hall–Kier alpha value is -2.70. The minimum atomic E-state index is -0.00131. The second-order valence-electron chi connectivity index (χ2n) is 6.23. The minimum absolute atomic E-state index is 0.00131. The molecule has 3 rings (SSSR count). The predicted octanol–water partition coefficient (Wildman–Crippen LogP) is 1.56. The number of amides is 2. The van der Waals surface area contributed by atoms with Crippen molar-refractivity contribution < 1.29 is 4.79 Å². The lowest BCUT2D eigenvalue weighted by Crippen LogP contribution is -2.52. The second kappa shape index (κ2) is 7.92. The zero-order valence-corrected chi connectivity index (χ0v) is 14.8. The molecule has 2 aromatic rings. The number of aryl methyl sites for hydroxylation is 2. The number of carbonyl (C=O) groups excluding carboxylic acids is 1. The summed E-state index contributed by atoms with van der Waals surface area (Å²) in [5.74, 6) is 1.70. The zero-order chi connectivity index (χ0) is 17.6. The van der Waals surface area contributed by atoms with Crippen molar-refractivity contribution in [3.05, 3.63) is 47.7 Å². The number of piperazine rings is 1. The van der Waals surface area contributed by atoms with Gasteiger partial charge in [0.15, 0.2) is 0 Å². The Labute approximate surface area is 148 Å². The third-order valence-corrected chi connectivity index (χ3v) is 4.31. The summed E-state index contributed by atoms with van der Waals surface area (Å²) < 4.78 is 0. The summed E-state index contributed by atoms with van der Waals surface area (Å²) >= 11 is 0. The Morgan fingerprint density at radius 1 is 1.12 bits per heavy atom. The van der Waals surface area contributed by atoms with E-state index in [0.717, 1.165) is 42.4 Å². The Morgan fingerprint density at radius 2 is 1.92 bits per heavy atom. The molecular formula is C18H24N6O. The van der Waals surface area contributed by atoms with E-state index in [1.807, 2.05) is 37.1 Å². The van der Waals surface area contributed by atoms with Gasteiger partial charge in [-0.15, -0.1) is 0 Å². The quantitative estimate of drug-likeness (QED) is 0.914. The van der Waals surface area contributed by atoms with Crippen LogP contribution in [0.3, 0.4) is 0 Å². The summed E-state index contributed by atoms with van der Waals surface area (Å²) in [4.78, 5) is 29.2. The SMILES string of the molecule is Cc1ccc(CCNC(=O)N2CCN(c3ccnc(C)n3)CC2)cn1. The van der Waals surface area contributed by atoms with Crippen LogP contribution in [0.5, 0.6) is 0 Å². The highest BCUT2D eigenvalue weighted by Gasteiger charge is 2.21. The number of hydrogen-bond acceptors (Lipinski definition) is 5. The van der Waals surface area contributed by atoms with E-state index in [2.05, 4.69) is 31.2 Å². The summed E-state index contributed by atoms with van der Waals surface area (Å²) in [6, 6.07) is 5.96. The van der Waals surface area contributed by atoms with Crippen molar-refractivity contribution >= 4 is 11.8 Å². The van der Waals surface area contributed by atoms with Crippen LogP contribution >= 0.6 is 0 Å². The van der Waals surface area contributed by atoms with E-state index >= 15 is 0 Å². The number of hydrogen-bond donors (Lipinski definition) is 1. The number of pyridine rings is 1. The number of nitrogens with one attached hydrogen (secondary N) is 1.